The van der Waals surface area contributed by atoms with Gasteiger partial charge in [0, 0.05) is 6.42 Å². The van der Waals surface area contributed by atoms with Crippen molar-refractivity contribution >= 4 is 18.4 Å². The third kappa shape index (κ3) is 2.46. The Morgan fingerprint density at radius 2 is 2.31 bits per heavy atom. The van der Waals surface area contributed by atoms with Crippen molar-refractivity contribution in [1.29, 1.82) is 0 Å². The lowest BCUT2D eigenvalue weighted by Gasteiger charge is -2.07. The molecule has 0 aromatic heterocycles. The Balaban J connectivity index is 0.00000128. The molecule has 4 nitrogen and oxygen atoms in total. The Morgan fingerprint density at radius 3 is 2.94 bits per heavy atom. The smallest absolute Gasteiger partial charge is 0.335 e. The number of aromatic carboxylic acids is 1. The van der Waals surface area contributed by atoms with Gasteiger partial charge in [-0.25, -0.2) is 4.79 Å². The average molecular weight is 244 g/mol. The number of rotatable bonds is 3. The van der Waals surface area contributed by atoms with Crippen molar-refractivity contribution < 1.29 is 14.6 Å². The largest absolute Gasteiger partial charge is 0.490 e. The average Bonchev–Trinajstić information content (AvgIpc) is 2.59. The van der Waals surface area contributed by atoms with Gasteiger partial charge in [0.2, 0.25) is 0 Å². The van der Waals surface area contributed by atoms with E-state index < -0.39 is 5.97 Å². The third-order valence-corrected chi connectivity index (χ3v) is 2.54. The Labute approximate surface area is 99.8 Å². The van der Waals surface area contributed by atoms with Gasteiger partial charge in [-0.2, -0.15) is 0 Å². The van der Waals surface area contributed by atoms with Crippen molar-refractivity contribution in [2.75, 3.05) is 6.54 Å². The Kier molecular flexibility index (Phi) is 4.15. The van der Waals surface area contributed by atoms with E-state index in [-0.39, 0.29) is 18.5 Å². The van der Waals surface area contributed by atoms with Gasteiger partial charge in [0.25, 0.3) is 0 Å². The summed E-state index contributed by atoms with van der Waals surface area (Å²) in [7, 11) is 0. The normalized spacial score (nSPS) is 17.2. The molecule has 0 amide bonds. The SMILES string of the molecule is Cl.NCCC1Cc2cc(C(=O)O)ccc2O1. The van der Waals surface area contributed by atoms with Gasteiger partial charge >= 0.3 is 5.97 Å². The first-order valence-corrected chi connectivity index (χ1v) is 4.93. The summed E-state index contributed by atoms with van der Waals surface area (Å²) < 4.78 is 5.61. The summed E-state index contributed by atoms with van der Waals surface area (Å²) in [6.45, 7) is 0.588. The van der Waals surface area contributed by atoms with E-state index >= 15 is 0 Å². The number of benzene rings is 1. The number of halogens is 1. The Morgan fingerprint density at radius 1 is 1.56 bits per heavy atom. The zero-order valence-electron chi connectivity index (χ0n) is 8.68. The predicted octanol–water partition coefficient (Wildman–Crippen LogP) is 1.46. The molecule has 1 atom stereocenters. The van der Waals surface area contributed by atoms with Crippen molar-refractivity contribution in [3.05, 3.63) is 29.3 Å². The van der Waals surface area contributed by atoms with E-state index in [0.717, 1.165) is 24.2 Å². The van der Waals surface area contributed by atoms with E-state index in [1.807, 2.05) is 0 Å². The van der Waals surface area contributed by atoms with Gasteiger partial charge in [0.05, 0.1) is 5.56 Å². The number of hydrogen-bond acceptors (Lipinski definition) is 3. The van der Waals surface area contributed by atoms with Crippen LogP contribution in [0.15, 0.2) is 18.2 Å². The molecule has 0 aliphatic carbocycles. The molecule has 1 heterocycles. The zero-order valence-corrected chi connectivity index (χ0v) is 9.50. The van der Waals surface area contributed by atoms with Crippen LogP contribution in [0.4, 0.5) is 0 Å². The number of carboxylic acids is 1. The first kappa shape index (κ1) is 12.8. The van der Waals surface area contributed by atoms with Crippen LogP contribution in [-0.2, 0) is 6.42 Å². The maximum atomic E-state index is 10.7. The summed E-state index contributed by atoms with van der Waals surface area (Å²) in [4.78, 5) is 10.7. The molecule has 0 saturated heterocycles. The van der Waals surface area contributed by atoms with Gasteiger partial charge in [0.15, 0.2) is 0 Å². The fraction of sp³-hybridized carbons (Fsp3) is 0.364. The topological polar surface area (TPSA) is 72.6 Å². The van der Waals surface area contributed by atoms with Crippen molar-refractivity contribution in [1.82, 2.24) is 0 Å². The quantitative estimate of drug-likeness (QED) is 0.843. The summed E-state index contributed by atoms with van der Waals surface area (Å²) in [5.74, 6) is -0.112. The van der Waals surface area contributed by atoms with E-state index in [9.17, 15) is 4.79 Å². The molecule has 1 aliphatic rings. The molecule has 1 aromatic rings. The maximum absolute atomic E-state index is 10.7. The number of fused-ring (bicyclic) bond motifs is 1. The van der Waals surface area contributed by atoms with Gasteiger partial charge in [-0.1, -0.05) is 0 Å². The lowest BCUT2D eigenvalue weighted by Crippen LogP contribution is -2.17. The predicted molar refractivity (Wildman–Crippen MR) is 62.4 cm³/mol. The zero-order chi connectivity index (χ0) is 10.8. The summed E-state index contributed by atoms with van der Waals surface area (Å²) in [5.41, 5.74) is 6.72. The number of carboxylic acid groups (broad SMARTS) is 1. The summed E-state index contributed by atoms with van der Waals surface area (Å²) >= 11 is 0. The number of nitrogens with two attached hydrogens (primary N) is 1. The lowest BCUT2D eigenvalue weighted by molar-refractivity contribution is 0.0697. The van der Waals surface area contributed by atoms with Gasteiger partial charge < -0.3 is 15.6 Å². The molecule has 1 aliphatic heterocycles. The summed E-state index contributed by atoms with van der Waals surface area (Å²) in [5, 5.41) is 8.82. The molecule has 2 rings (SSSR count). The first-order chi connectivity index (χ1) is 7.20. The number of ether oxygens (including phenoxy) is 1. The second-order valence-electron chi connectivity index (χ2n) is 3.65. The number of hydrogen-bond donors (Lipinski definition) is 2. The van der Waals surface area contributed by atoms with E-state index in [4.69, 9.17) is 15.6 Å². The van der Waals surface area contributed by atoms with E-state index in [1.54, 1.807) is 18.2 Å². The molecule has 0 spiro atoms. The maximum Gasteiger partial charge on any atom is 0.335 e. The molecule has 16 heavy (non-hydrogen) atoms. The van der Waals surface area contributed by atoms with Crippen LogP contribution in [0.2, 0.25) is 0 Å². The van der Waals surface area contributed by atoms with Crippen LogP contribution in [0.3, 0.4) is 0 Å². The fourth-order valence-electron chi connectivity index (χ4n) is 1.80. The minimum absolute atomic E-state index is 0. The second kappa shape index (κ2) is 5.18. The highest BCUT2D eigenvalue weighted by atomic mass is 35.5. The molecule has 88 valence electrons. The minimum atomic E-state index is -0.903. The highest BCUT2D eigenvalue weighted by Crippen LogP contribution is 2.30. The molecule has 0 saturated carbocycles. The highest BCUT2D eigenvalue weighted by Gasteiger charge is 2.22. The van der Waals surface area contributed by atoms with Crippen molar-refractivity contribution in [3.63, 3.8) is 0 Å². The van der Waals surface area contributed by atoms with Crippen LogP contribution in [0.1, 0.15) is 22.3 Å². The van der Waals surface area contributed by atoms with Crippen LogP contribution in [0, 0.1) is 0 Å². The van der Waals surface area contributed by atoms with Crippen LogP contribution in [-0.4, -0.2) is 23.7 Å². The molecule has 1 aromatic carbocycles. The van der Waals surface area contributed by atoms with Crippen LogP contribution in [0.25, 0.3) is 0 Å². The van der Waals surface area contributed by atoms with Gasteiger partial charge in [0.1, 0.15) is 11.9 Å². The standard InChI is InChI=1S/C11H13NO3.ClH/c12-4-3-9-6-8-5-7(11(13)14)1-2-10(8)15-9;/h1-2,5,9H,3-4,6,12H2,(H,13,14);1H. The highest BCUT2D eigenvalue weighted by molar-refractivity contribution is 5.88. The van der Waals surface area contributed by atoms with Crippen LogP contribution < -0.4 is 10.5 Å². The van der Waals surface area contributed by atoms with Gasteiger partial charge in [-0.15, -0.1) is 12.4 Å². The van der Waals surface area contributed by atoms with Gasteiger partial charge in [-0.3, -0.25) is 0 Å². The van der Waals surface area contributed by atoms with Crippen LogP contribution in [0.5, 0.6) is 5.75 Å². The van der Waals surface area contributed by atoms with Crippen molar-refractivity contribution in [3.8, 4) is 5.75 Å². The second-order valence-corrected chi connectivity index (χ2v) is 3.65. The van der Waals surface area contributed by atoms with E-state index in [2.05, 4.69) is 0 Å². The minimum Gasteiger partial charge on any atom is -0.490 e. The molecule has 0 fully saturated rings. The molecule has 0 radical (unpaired) electrons. The molecule has 1 unspecified atom stereocenters. The molecule has 0 bridgehead atoms. The molecular formula is C11H14ClNO3. The lowest BCUT2D eigenvalue weighted by atomic mass is 10.1. The fourth-order valence-corrected chi connectivity index (χ4v) is 1.80. The van der Waals surface area contributed by atoms with E-state index in [0.29, 0.717) is 12.1 Å². The van der Waals surface area contributed by atoms with E-state index in [1.165, 1.54) is 0 Å². The van der Waals surface area contributed by atoms with Crippen molar-refractivity contribution in [2.45, 2.75) is 18.9 Å². The van der Waals surface area contributed by atoms with Crippen LogP contribution >= 0.6 is 12.4 Å². The summed E-state index contributed by atoms with van der Waals surface area (Å²) in [6.07, 6.45) is 1.67. The van der Waals surface area contributed by atoms with Crippen molar-refractivity contribution in [2.24, 2.45) is 5.73 Å². The summed E-state index contributed by atoms with van der Waals surface area (Å²) in [6, 6.07) is 4.95. The molecule has 3 N–H and O–H groups in total. The number of carbonyl (C=O) groups is 1. The molecular weight excluding hydrogens is 230 g/mol. The third-order valence-electron chi connectivity index (χ3n) is 2.54. The monoisotopic (exact) mass is 243 g/mol. The first-order valence-electron chi connectivity index (χ1n) is 4.93. The Hall–Kier alpha value is -1.26. The Bertz CT molecular complexity index is 395. The molecule has 5 heteroatoms. The van der Waals surface area contributed by atoms with Gasteiger partial charge in [-0.05, 0) is 36.7 Å².